The third kappa shape index (κ3) is 2.27. The minimum absolute atomic E-state index is 0.544. The van der Waals surface area contributed by atoms with Crippen LogP contribution in [0.1, 0.15) is 11.3 Å². The lowest BCUT2D eigenvalue weighted by Crippen LogP contribution is -1.98. The van der Waals surface area contributed by atoms with Gasteiger partial charge in [-0.15, -0.1) is 0 Å². The minimum Gasteiger partial charge on any atom is -0.488 e. The maximum Gasteiger partial charge on any atom is 0.133 e. The summed E-state index contributed by atoms with van der Waals surface area (Å²) in [4.78, 5) is 0. The highest BCUT2D eigenvalue weighted by atomic mass is 79.9. The maximum atomic E-state index is 5.72. The molecule has 1 aromatic heterocycles. The smallest absolute Gasteiger partial charge is 0.133 e. The molecule has 0 radical (unpaired) electrons. The van der Waals surface area contributed by atoms with Gasteiger partial charge in [0, 0.05) is 18.3 Å². The molecule has 2 aromatic rings. The van der Waals surface area contributed by atoms with Crippen LogP contribution in [-0.2, 0) is 13.7 Å². The van der Waals surface area contributed by atoms with E-state index in [0.717, 1.165) is 21.5 Å². The summed E-state index contributed by atoms with van der Waals surface area (Å²) in [6.45, 7) is 2.58. The number of hydrogen-bond acceptors (Lipinski definition) is 2. The van der Waals surface area contributed by atoms with Crippen molar-refractivity contribution in [2.45, 2.75) is 13.5 Å². The normalized spacial score (nSPS) is 10.4. The number of rotatable bonds is 3. The number of halogens is 1. The molecule has 0 N–H and O–H groups in total. The van der Waals surface area contributed by atoms with Gasteiger partial charge in [0.1, 0.15) is 12.4 Å². The monoisotopic (exact) mass is 280 g/mol. The topological polar surface area (TPSA) is 27.1 Å². The third-order valence-corrected chi connectivity index (χ3v) is 3.21. The lowest BCUT2D eigenvalue weighted by Gasteiger charge is -2.07. The quantitative estimate of drug-likeness (QED) is 0.864. The van der Waals surface area contributed by atoms with Crippen LogP contribution in [0.5, 0.6) is 5.75 Å². The standard InChI is InChI=1S/C12H13BrN2O/c1-9-10(7-14-15(9)2)8-16-12-6-4-3-5-11(12)13/h3-7H,8H2,1-2H3. The molecule has 0 saturated carbocycles. The fraction of sp³-hybridized carbons (Fsp3) is 0.250. The van der Waals surface area contributed by atoms with Crippen molar-refractivity contribution < 1.29 is 4.74 Å². The molecule has 16 heavy (non-hydrogen) atoms. The second kappa shape index (κ2) is 4.70. The average Bonchev–Trinajstić information content (AvgIpc) is 2.59. The second-order valence-corrected chi connectivity index (χ2v) is 4.45. The zero-order chi connectivity index (χ0) is 11.5. The molecule has 0 aliphatic rings. The summed E-state index contributed by atoms with van der Waals surface area (Å²) in [6.07, 6.45) is 1.84. The van der Waals surface area contributed by atoms with Gasteiger partial charge in [0.05, 0.1) is 10.7 Å². The van der Waals surface area contributed by atoms with Crippen LogP contribution in [0.25, 0.3) is 0 Å². The van der Waals surface area contributed by atoms with E-state index in [2.05, 4.69) is 21.0 Å². The summed E-state index contributed by atoms with van der Waals surface area (Å²) in [5.41, 5.74) is 2.24. The Morgan fingerprint density at radius 2 is 2.12 bits per heavy atom. The molecule has 3 nitrogen and oxygen atoms in total. The van der Waals surface area contributed by atoms with Crippen LogP contribution in [0.3, 0.4) is 0 Å². The molecule has 0 aliphatic carbocycles. The van der Waals surface area contributed by atoms with E-state index in [-0.39, 0.29) is 0 Å². The molecule has 0 fully saturated rings. The summed E-state index contributed by atoms with van der Waals surface area (Å²) >= 11 is 3.45. The predicted molar refractivity (Wildman–Crippen MR) is 66.4 cm³/mol. The molecule has 0 aliphatic heterocycles. The van der Waals surface area contributed by atoms with Crippen LogP contribution >= 0.6 is 15.9 Å². The molecule has 0 bridgehead atoms. The molecule has 0 spiro atoms. The van der Waals surface area contributed by atoms with Crippen molar-refractivity contribution in [1.82, 2.24) is 9.78 Å². The Morgan fingerprint density at radius 3 is 2.75 bits per heavy atom. The van der Waals surface area contributed by atoms with Gasteiger partial charge in [-0.25, -0.2) is 0 Å². The molecule has 0 saturated heterocycles. The Balaban J connectivity index is 2.08. The highest BCUT2D eigenvalue weighted by molar-refractivity contribution is 9.10. The van der Waals surface area contributed by atoms with Crippen molar-refractivity contribution in [3.05, 3.63) is 46.2 Å². The Bertz CT molecular complexity index is 494. The van der Waals surface area contributed by atoms with E-state index in [1.807, 2.05) is 49.1 Å². The van der Waals surface area contributed by atoms with E-state index in [1.54, 1.807) is 0 Å². The first-order chi connectivity index (χ1) is 7.68. The molecule has 2 rings (SSSR count). The van der Waals surface area contributed by atoms with E-state index in [0.29, 0.717) is 6.61 Å². The second-order valence-electron chi connectivity index (χ2n) is 3.60. The van der Waals surface area contributed by atoms with Crippen LogP contribution in [0, 0.1) is 6.92 Å². The van der Waals surface area contributed by atoms with Gasteiger partial charge in [0.15, 0.2) is 0 Å². The van der Waals surface area contributed by atoms with Gasteiger partial charge in [0.2, 0.25) is 0 Å². The number of hydrogen-bond donors (Lipinski definition) is 0. The predicted octanol–water partition coefficient (Wildman–Crippen LogP) is 3.07. The van der Waals surface area contributed by atoms with Gasteiger partial charge in [0.25, 0.3) is 0 Å². The van der Waals surface area contributed by atoms with Gasteiger partial charge in [-0.1, -0.05) is 12.1 Å². The van der Waals surface area contributed by atoms with E-state index in [1.165, 1.54) is 0 Å². The van der Waals surface area contributed by atoms with Gasteiger partial charge >= 0.3 is 0 Å². The fourth-order valence-electron chi connectivity index (χ4n) is 1.40. The Morgan fingerprint density at radius 1 is 1.38 bits per heavy atom. The first-order valence-electron chi connectivity index (χ1n) is 5.03. The van der Waals surface area contributed by atoms with Crippen molar-refractivity contribution in [2.75, 3.05) is 0 Å². The maximum absolute atomic E-state index is 5.72. The highest BCUT2D eigenvalue weighted by Crippen LogP contribution is 2.24. The SMILES string of the molecule is Cc1c(COc2ccccc2Br)cnn1C. The number of benzene rings is 1. The van der Waals surface area contributed by atoms with E-state index >= 15 is 0 Å². The number of ether oxygens (including phenoxy) is 1. The highest BCUT2D eigenvalue weighted by Gasteiger charge is 2.05. The van der Waals surface area contributed by atoms with Crippen LogP contribution in [0.15, 0.2) is 34.9 Å². The van der Waals surface area contributed by atoms with Gasteiger partial charge < -0.3 is 4.74 Å². The number of aryl methyl sites for hydroxylation is 1. The Kier molecular flexibility index (Phi) is 3.29. The van der Waals surface area contributed by atoms with Gasteiger partial charge in [-0.05, 0) is 35.0 Å². The molecular weight excluding hydrogens is 268 g/mol. The zero-order valence-corrected chi connectivity index (χ0v) is 10.9. The molecule has 0 atom stereocenters. The number of para-hydroxylation sites is 1. The summed E-state index contributed by atoms with van der Waals surface area (Å²) in [5.74, 6) is 0.853. The van der Waals surface area contributed by atoms with Gasteiger partial charge in [-0.3, -0.25) is 4.68 Å². The fourth-order valence-corrected chi connectivity index (χ4v) is 1.80. The van der Waals surface area contributed by atoms with E-state index in [4.69, 9.17) is 4.74 Å². The lowest BCUT2D eigenvalue weighted by atomic mass is 10.3. The third-order valence-electron chi connectivity index (χ3n) is 2.56. The van der Waals surface area contributed by atoms with Crippen LogP contribution in [0.4, 0.5) is 0 Å². The van der Waals surface area contributed by atoms with Crippen molar-refractivity contribution in [3.63, 3.8) is 0 Å². The Hall–Kier alpha value is -1.29. The molecule has 84 valence electrons. The van der Waals surface area contributed by atoms with Crippen LogP contribution < -0.4 is 4.74 Å². The van der Waals surface area contributed by atoms with Crippen LogP contribution in [0.2, 0.25) is 0 Å². The van der Waals surface area contributed by atoms with E-state index in [9.17, 15) is 0 Å². The average molecular weight is 281 g/mol. The van der Waals surface area contributed by atoms with Crippen molar-refractivity contribution >= 4 is 15.9 Å². The molecule has 1 aromatic carbocycles. The van der Waals surface area contributed by atoms with Crippen molar-refractivity contribution in [3.8, 4) is 5.75 Å². The Labute approximate surface area is 103 Å². The number of nitrogens with zero attached hydrogens (tertiary/aromatic N) is 2. The molecule has 0 amide bonds. The first-order valence-corrected chi connectivity index (χ1v) is 5.82. The molecule has 0 unspecified atom stereocenters. The van der Waals surface area contributed by atoms with Gasteiger partial charge in [-0.2, -0.15) is 5.10 Å². The largest absolute Gasteiger partial charge is 0.488 e. The summed E-state index contributed by atoms with van der Waals surface area (Å²) < 4.78 is 8.53. The first kappa shape index (κ1) is 11.2. The van der Waals surface area contributed by atoms with Crippen LogP contribution in [-0.4, -0.2) is 9.78 Å². The lowest BCUT2D eigenvalue weighted by molar-refractivity contribution is 0.303. The van der Waals surface area contributed by atoms with Crippen molar-refractivity contribution in [1.29, 1.82) is 0 Å². The van der Waals surface area contributed by atoms with Crippen molar-refractivity contribution in [2.24, 2.45) is 7.05 Å². The summed E-state index contributed by atoms with van der Waals surface area (Å²) in [7, 11) is 1.93. The molecular formula is C12H13BrN2O. The minimum atomic E-state index is 0.544. The summed E-state index contributed by atoms with van der Waals surface area (Å²) in [5, 5.41) is 4.18. The van der Waals surface area contributed by atoms with E-state index < -0.39 is 0 Å². The molecule has 1 heterocycles. The number of aromatic nitrogens is 2. The molecule has 4 heteroatoms. The summed E-state index contributed by atoms with van der Waals surface area (Å²) in [6, 6.07) is 7.82. The zero-order valence-electron chi connectivity index (χ0n) is 9.27.